The van der Waals surface area contributed by atoms with E-state index in [1.165, 1.54) is 17.7 Å². The first-order chi connectivity index (χ1) is 5.42. The molecule has 1 aromatic rings. The maximum Gasteiger partial charge on any atom is 0.0407 e. The van der Waals surface area contributed by atoms with E-state index < -0.39 is 0 Å². The van der Waals surface area contributed by atoms with Crippen molar-refractivity contribution in [3.05, 3.63) is 24.0 Å². The fourth-order valence-corrected chi connectivity index (χ4v) is 1.60. The predicted molar refractivity (Wildman–Crippen MR) is 45.8 cm³/mol. The second kappa shape index (κ2) is 2.53. The molecule has 2 rings (SSSR count). The maximum absolute atomic E-state index is 4.11. The molecule has 0 aromatic carbocycles. The highest BCUT2D eigenvalue weighted by Gasteiger charge is 2.19. The monoisotopic (exact) mass is 148 g/mol. The molecule has 0 fully saturated rings. The Bertz CT molecular complexity index is 257. The SMILES string of the molecule is CCC1CNc2ccncc21. The number of nitrogens with one attached hydrogen (secondary N) is 1. The average molecular weight is 148 g/mol. The van der Waals surface area contributed by atoms with Gasteiger partial charge in [-0.2, -0.15) is 0 Å². The van der Waals surface area contributed by atoms with Crippen molar-refractivity contribution in [3.63, 3.8) is 0 Å². The zero-order valence-electron chi connectivity index (χ0n) is 6.67. The molecule has 0 amide bonds. The van der Waals surface area contributed by atoms with Crippen molar-refractivity contribution in [1.29, 1.82) is 0 Å². The Kier molecular flexibility index (Phi) is 1.53. The number of pyridine rings is 1. The highest BCUT2D eigenvalue weighted by Crippen LogP contribution is 2.31. The Morgan fingerprint density at radius 1 is 1.73 bits per heavy atom. The van der Waals surface area contributed by atoms with E-state index in [4.69, 9.17) is 0 Å². The molecule has 0 saturated heterocycles. The van der Waals surface area contributed by atoms with Gasteiger partial charge in [0.05, 0.1) is 0 Å². The predicted octanol–water partition coefficient (Wildman–Crippen LogP) is 2.00. The van der Waals surface area contributed by atoms with Gasteiger partial charge in [-0.25, -0.2) is 0 Å². The van der Waals surface area contributed by atoms with Crippen LogP contribution in [0.4, 0.5) is 5.69 Å². The van der Waals surface area contributed by atoms with E-state index in [9.17, 15) is 0 Å². The van der Waals surface area contributed by atoms with Gasteiger partial charge in [-0.1, -0.05) is 6.92 Å². The van der Waals surface area contributed by atoms with E-state index in [0.717, 1.165) is 6.54 Å². The molecule has 0 saturated carbocycles. The first kappa shape index (κ1) is 6.65. The first-order valence-corrected chi connectivity index (χ1v) is 4.09. The third kappa shape index (κ3) is 0.985. The van der Waals surface area contributed by atoms with Crippen LogP contribution in [-0.2, 0) is 0 Å². The molecule has 0 spiro atoms. The fraction of sp³-hybridized carbons (Fsp3) is 0.444. The van der Waals surface area contributed by atoms with Crippen molar-refractivity contribution in [3.8, 4) is 0 Å². The summed E-state index contributed by atoms with van der Waals surface area (Å²) < 4.78 is 0. The zero-order chi connectivity index (χ0) is 7.68. The summed E-state index contributed by atoms with van der Waals surface area (Å²) in [7, 11) is 0. The van der Waals surface area contributed by atoms with Crippen LogP contribution in [0.2, 0.25) is 0 Å². The summed E-state index contributed by atoms with van der Waals surface area (Å²) in [6.45, 7) is 3.30. The summed E-state index contributed by atoms with van der Waals surface area (Å²) in [6.07, 6.45) is 5.01. The van der Waals surface area contributed by atoms with Gasteiger partial charge in [0, 0.05) is 30.5 Å². The van der Waals surface area contributed by atoms with Gasteiger partial charge >= 0.3 is 0 Å². The summed E-state index contributed by atoms with van der Waals surface area (Å²) in [5, 5.41) is 3.36. The molecule has 1 aliphatic heterocycles. The Balaban J connectivity index is 2.39. The van der Waals surface area contributed by atoms with Gasteiger partial charge in [-0.05, 0) is 18.1 Å². The number of rotatable bonds is 1. The highest BCUT2D eigenvalue weighted by molar-refractivity contribution is 5.55. The van der Waals surface area contributed by atoms with Crippen molar-refractivity contribution >= 4 is 5.69 Å². The molecule has 0 bridgehead atoms. The van der Waals surface area contributed by atoms with E-state index in [0.29, 0.717) is 5.92 Å². The van der Waals surface area contributed by atoms with Crippen LogP contribution >= 0.6 is 0 Å². The third-order valence-electron chi connectivity index (χ3n) is 2.32. The second-order valence-corrected chi connectivity index (χ2v) is 2.95. The van der Waals surface area contributed by atoms with E-state index in [1.807, 2.05) is 18.5 Å². The minimum absolute atomic E-state index is 0.679. The van der Waals surface area contributed by atoms with E-state index in [2.05, 4.69) is 17.2 Å². The Hall–Kier alpha value is -1.05. The highest BCUT2D eigenvalue weighted by atomic mass is 14.9. The van der Waals surface area contributed by atoms with Crippen molar-refractivity contribution < 1.29 is 0 Å². The fourth-order valence-electron chi connectivity index (χ4n) is 1.60. The number of hydrogen-bond donors (Lipinski definition) is 1. The lowest BCUT2D eigenvalue weighted by molar-refractivity contribution is 0.725. The summed E-state index contributed by atoms with van der Waals surface area (Å²) in [5.41, 5.74) is 2.65. The second-order valence-electron chi connectivity index (χ2n) is 2.95. The Morgan fingerprint density at radius 2 is 2.64 bits per heavy atom. The molecule has 1 aromatic heterocycles. The van der Waals surface area contributed by atoms with Crippen LogP contribution in [0, 0.1) is 0 Å². The molecule has 2 heteroatoms. The molecule has 2 nitrogen and oxygen atoms in total. The maximum atomic E-state index is 4.11. The Labute approximate surface area is 66.7 Å². The molecule has 1 atom stereocenters. The molecule has 2 heterocycles. The summed E-state index contributed by atoms with van der Waals surface area (Å²) in [4.78, 5) is 4.11. The van der Waals surface area contributed by atoms with Crippen molar-refractivity contribution in [2.45, 2.75) is 19.3 Å². The lowest BCUT2D eigenvalue weighted by Crippen LogP contribution is -1.99. The van der Waals surface area contributed by atoms with Gasteiger partial charge < -0.3 is 5.32 Å². The zero-order valence-corrected chi connectivity index (χ0v) is 6.67. The average Bonchev–Trinajstić information content (AvgIpc) is 2.47. The van der Waals surface area contributed by atoms with Crippen LogP contribution in [0.25, 0.3) is 0 Å². The van der Waals surface area contributed by atoms with Crippen LogP contribution in [-0.4, -0.2) is 11.5 Å². The van der Waals surface area contributed by atoms with Gasteiger partial charge in [-0.15, -0.1) is 0 Å². The standard InChI is InChI=1S/C9H12N2/c1-2-7-5-11-9-3-4-10-6-8(7)9/h3-4,6-7,11H,2,5H2,1H3. The molecular formula is C9H12N2. The summed E-state index contributed by atoms with van der Waals surface area (Å²) >= 11 is 0. The third-order valence-corrected chi connectivity index (χ3v) is 2.32. The molecule has 0 radical (unpaired) electrons. The first-order valence-electron chi connectivity index (χ1n) is 4.09. The van der Waals surface area contributed by atoms with Gasteiger partial charge in [0.2, 0.25) is 0 Å². The van der Waals surface area contributed by atoms with Crippen LogP contribution < -0.4 is 5.32 Å². The van der Waals surface area contributed by atoms with Crippen LogP contribution in [0.5, 0.6) is 0 Å². The van der Waals surface area contributed by atoms with E-state index in [1.54, 1.807) is 0 Å². The largest absolute Gasteiger partial charge is 0.384 e. The van der Waals surface area contributed by atoms with Crippen LogP contribution in [0.15, 0.2) is 18.5 Å². The molecule has 1 aliphatic rings. The van der Waals surface area contributed by atoms with E-state index in [-0.39, 0.29) is 0 Å². The summed E-state index contributed by atoms with van der Waals surface area (Å²) in [6, 6.07) is 2.05. The van der Waals surface area contributed by atoms with Crippen molar-refractivity contribution in [2.75, 3.05) is 11.9 Å². The van der Waals surface area contributed by atoms with Gasteiger partial charge in [-0.3, -0.25) is 4.98 Å². The quantitative estimate of drug-likeness (QED) is 0.659. The summed E-state index contributed by atoms with van der Waals surface area (Å²) in [5.74, 6) is 0.679. The lowest BCUT2D eigenvalue weighted by Gasteiger charge is -2.03. The minimum atomic E-state index is 0.679. The minimum Gasteiger partial charge on any atom is -0.384 e. The van der Waals surface area contributed by atoms with Crippen molar-refractivity contribution in [1.82, 2.24) is 4.98 Å². The normalized spacial score (nSPS) is 21.0. The smallest absolute Gasteiger partial charge is 0.0407 e. The van der Waals surface area contributed by atoms with Crippen LogP contribution in [0.3, 0.4) is 0 Å². The molecule has 1 N–H and O–H groups in total. The molecule has 11 heavy (non-hydrogen) atoms. The number of nitrogens with zero attached hydrogens (tertiary/aromatic N) is 1. The number of anilines is 1. The van der Waals surface area contributed by atoms with Gasteiger partial charge in [0.15, 0.2) is 0 Å². The van der Waals surface area contributed by atoms with Gasteiger partial charge in [0.25, 0.3) is 0 Å². The van der Waals surface area contributed by atoms with Gasteiger partial charge in [0.1, 0.15) is 0 Å². The van der Waals surface area contributed by atoms with Crippen molar-refractivity contribution in [2.24, 2.45) is 0 Å². The number of hydrogen-bond acceptors (Lipinski definition) is 2. The van der Waals surface area contributed by atoms with Crippen LogP contribution in [0.1, 0.15) is 24.8 Å². The molecule has 58 valence electrons. The molecule has 0 aliphatic carbocycles. The molecule has 1 unspecified atom stereocenters. The number of fused-ring (bicyclic) bond motifs is 1. The lowest BCUT2D eigenvalue weighted by atomic mass is 10.0. The topological polar surface area (TPSA) is 24.9 Å². The Morgan fingerprint density at radius 3 is 3.45 bits per heavy atom. The number of aromatic nitrogens is 1. The van der Waals surface area contributed by atoms with E-state index >= 15 is 0 Å². The molecular weight excluding hydrogens is 136 g/mol.